The fraction of sp³-hybridized carbons (Fsp3) is 0.312. The molecule has 3 aromatic rings. The fourth-order valence-corrected chi connectivity index (χ4v) is 2.95. The summed E-state index contributed by atoms with van der Waals surface area (Å²) in [7, 11) is 0. The molecule has 0 saturated carbocycles. The van der Waals surface area contributed by atoms with Crippen LogP contribution in [0.4, 0.5) is 5.82 Å². The van der Waals surface area contributed by atoms with Crippen LogP contribution in [-0.4, -0.2) is 46.2 Å². The summed E-state index contributed by atoms with van der Waals surface area (Å²) in [6, 6.07) is 2.04. The summed E-state index contributed by atoms with van der Waals surface area (Å²) >= 11 is 0. The molecule has 0 unspecified atom stereocenters. The van der Waals surface area contributed by atoms with Crippen molar-refractivity contribution < 1.29 is 4.74 Å². The van der Waals surface area contributed by atoms with E-state index in [9.17, 15) is 0 Å². The lowest BCUT2D eigenvalue weighted by Crippen LogP contribution is -2.36. The molecule has 0 aliphatic carbocycles. The molecule has 22 heavy (non-hydrogen) atoms. The highest BCUT2D eigenvalue weighted by Gasteiger charge is 2.20. The van der Waals surface area contributed by atoms with Gasteiger partial charge in [0.15, 0.2) is 0 Å². The topological polar surface area (TPSA) is 66.9 Å². The Hall–Kier alpha value is -2.47. The number of fused-ring (bicyclic) bond motifs is 1. The highest BCUT2D eigenvalue weighted by molar-refractivity contribution is 6.01. The zero-order valence-electron chi connectivity index (χ0n) is 12.4. The fourth-order valence-electron chi connectivity index (χ4n) is 2.95. The van der Waals surface area contributed by atoms with E-state index < -0.39 is 0 Å². The van der Waals surface area contributed by atoms with Crippen molar-refractivity contribution >= 4 is 16.9 Å². The Bertz CT molecular complexity index is 807. The Kier molecular flexibility index (Phi) is 3.23. The van der Waals surface area contributed by atoms with E-state index in [0.29, 0.717) is 0 Å². The number of nitrogens with one attached hydrogen (secondary N) is 1. The van der Waals surface area contributed by atoms with Crippen molar-refractivity contribution in [3.63, 3.8) is 0 Å². The van der Waals surface area contributed by atoms with Gasteiger partial charge in [-0.2, -0.15) is 0 Å². The van der Waals surface area contributed by atoms with Gasteiger partial charge in [0.25, 0.3) is 0 Å². The highest BCUT2D eigenvalue weighted by atomic mass is 16.5. The number of aromatic amines is 1. The van der Waals surface area contributed by atoms with Crippen LogP contribution in [0.3, 0.4) is 0 Å². The summed E-state index contributed by atoms with van der Waals surface area (Å²) in [5.41, 5.74) is 4.28. The van der Waals surface area contributed by atoms with Crippen LogP contribution in [0.1, 0.15) is 5.56 Å². The zero-order valence-corrected chi connectivity index (χ0v) is 12.4. The van der Waals surface area contributed by atoms with Crippen molar-refractivity contribution in [1.29, 1.82) is 0 Å². The molecule has 0 bridgehead atoms. The first kappa shape index (κ1) is 13.2. The predicted octanol–water partition coefficient (Wildman–Crippen LogP) is 2.16. The van der Waals surface area contributed by atoms with Crippen LogP contribution in [0, 0.1) is 6.92 Å². The summed E-state index contributed by atoms with van der Waals surface area (Å²) in [4.78, 5) is 18.6. The number of ether oxygens (including phenoxy) is 1. The minimum atomic E-state index is 0.736. The van der Waals surface area contributed by atoms with Crippen LogP contribution in [-0.2, 0) is 4.74 Å². The molecule has 1 N–H and O–H groups in total. The standard InChI is InChI=1S/C16H17N5O/c1-11-8-17-3-2-12(11)13-9-18-15-14(13)16(20-10-19-15)21-4-6-22-7-5-21/h2-3,8-10H,4-7H2,1H3,(H,18,19,20). The van der Waals surface area contributed by atoms with Crippen molar-refractivity contribution in [1.82, 2.24) is 19.9 Å². The molecule has 0 radical (unpaired) electrons. The smallest absolute Gasteiger partial charge is 0.143 e. The molecule has 4 heterocycles. The van der Waals surface area contributed by atoms with Crippen molar-refractivity contribution in [3.05, 3.63) is 36.5 Å². The van der Waals surface area contributed by atoms with E-state index in [1.165, 1.54) is 0 Å². The number of hydrogen-bond donors (Lipinski definition) is 1. The molecule has 1 aliphatic rings. The van der Waals surface area contributed by atoms with Gasteiger partial charge >= 0.3 is 0 Å². The predicted molar refractivity (Wildman–Crippen MR) is 84.9 cm³/mol. The van der Waals surface area contributed by atoms with Gasteiger partial charge in [0.1, 0.15) is 17.8 Å². The van der Waals surface area contributed by atoms with E-state index in [0.717, 1.165) is 59.8 Å². The molecule has 1 fully saturated rings. The summed E-state index contributed by atoms with van der Waals surface area (Å²) in [5.74, 6) is 0.973. The number of aromatic nitrogens is 4. The normalized spacial score (nSPS) is 15.4. The van der Waals surface area contributed by atoms with E-state index in [1.807, 2.05) is 24.7 Å². The number of morpholine rings is 1. The quantitative estimate of drug-likeness (QED) is 0.785. The molecule has 6 nitrogen and oxygen atoms in total. The number of H-pyrrole nitrogens is 1. The SMILES string of the molecule is Cc1cnccc1-c1c[nH]c2ncnc(N3CCOCC3)c12. The third-order valence-corrected chi connectivity index (χ3v) is 4.07. The second-order valence-corrected chi connectivity index (χ2v) is 5.41. The summed E-state index contributed by atoms with van der Waals surface area (Å²) < 4.78 is 5.45. The van der Waals surface area contributed by atoms with Crippen LogP contribution >= 0.6 is 0 Å². The first-order valence-electron chi connectivity index (χ1n) is 7.40. The number of pyridine rings is 1. The van der Waals surface area contributed by atoms with Crippen molar-refractivity contribution in [2.24, 2.45) is 0 Å². The Labute approximate surface area is 128 Å². The Balaban J connectivity index is 1.91. The minimum absolute atomic E-state index is 0.736. The number of hydrogen-bond acceptors (Lipinski definition) is 5. The van der Waals surface area contributed by atoms with Gasteiger partial charge in [-0.05, 0) is 24.1 Å². The third-order valence-electron chi connectivity index (χ3n) is 4.07. The first-order valence-corrected chi connectivity index (χ1v) is 7.40. The molecule has 0 aromatic carbocycles. The van der Waals surface area contributed by atoms with Crippen LogP contribution in [0.5, 0.6) is 0 Å². The van der Waals surface area contributed by atoms with E-state index >= 15 is 0 Å². The molecular formula is C16H17N5O. The van der Waals surface area contributed by atoms with Gasteiger partial charge in [0, 0.05) is 37.2 Å². The van der Waals surface area contributed by atoms with E-state index in [1.54, 1.807) is 6.33 Å². The largest absolute Gasteiger partial charge is 0.378 e. The number of nitrogens with zero attached hydrogens (tertiary/aromatic N) is 4. The molecule has 3 aromatic heterocycles. The van der Waals surface area contributed by atoms with Crippen LogP contribution in [0.15, 0.2) is 31.0 Å². The molecule has 0 atom stereocenters. The molecular weight excluding hydrogens is 278 g/mol. The molecule has 112 valence electrons. The average molecular weight is 295 g/mol. The maximum Gasteiger partial charge on any atom is 0.143 e. The number of anilines is 1. The van der Waals surface area contributed by atoms with Crippen LogP contribution in [0.25, 0.3) is 22.2 Å². The van der Waals surface area contributed by atoms with Gasteiger partial charge in [-0.3, -0.25) is 4.98 Å². The minimum Gasteiger partial charge on any atom is -0.378 e. The van der Waals surface area contributed by atoms with Gasteiger partial charge in [0.2, 0.25) is 0 Å². The van der Waals surface area contributed by atoms with Gasteiger partial charge in [-0.25, -0.2) is 9.97 Å². The van der Waals surface area contributed by atoms with Gasteiger partial charge in [-0.1, -0.05) is 0 Å². The Morgan fingerprint density at radius 1 is 1.18 bits per heavy atom. The Morgan fingerprint density at radius 2 is 2.05 bits per heavy atom. The van der Waals surface area contributed by atoms with Gasteiger partial charge < -0.3 is 14.6 Å². The zero-order chi connectivity index (χ0) is 14.9. The van der Waals surface area contributed by atoms with E-state index in [-0.39, 0.29) is 0 Å². The van der Waals surface area contributed by atoms with Crippen molar-refractivity contribution in [2.45, 2.75) is 6.92 Å². The molecule has 0 spiro atoms. The van der Waals surface area contributed by atoms with Crippen LogP contribution in [0.2, 0.25) is 0 Å². The Morgan fingerprint density at radius 3 is 2.86 bits per heavy atom. The van der Waals surface area contributed by atoms with Crippen molar-refractivity contribution in [3.8, 4) is 11.1 Å². The first-order chi connectivity index (χ1) is 10.8. The monoisotopic (exact) mass is 295 g/mol. The molecule has 1 aliphatic heterocycles. The maximum atomic E-state index is 5.45. The van der Waals surface area contributed by atoms with Gasteiger partial charge in [0.05, 0.1) is 18.6 Å². The summed E-state index contributed by atoms with van der Waals surface area (Å²) in [5, 5.41) is 1.07. The molecule has 4 rings (SSSR count). The van der Waals surface area contributed by atoms with Crippen molar-refractivity contribution in [2.75, 3.05) is 31.2 Å². The summed E-state index contributed by atoms with van der Waals surface area (Å²) in [6.07, 6.45) is 7.32. The molecule has 1 saturated heterocycles. The lowest BCUT2D eigenvalue weighted by molar-refractivity contribution is 0.122. The molecule has 6 heteroatoms. The van der Waals surface area contributed by atoms with Gasteiger partial charge in [-0.15, -0.1) is 0 Å². The lowest BCUT2D eigenvalue weighted by Gasteiger charge is -2.28. The average Bonchev–Trinajstić information content (AvgIpc) is 3.00. The van der Waals surface area contributed by atoms with E-state index in [4.69, 9.17) is 4.74 Å². The number of rotatable bonds is 2. The second kappa shape index (κ2) is 5.38. The lowest BCUT2D eigenvalue weighted by atomic mass is 10.0. The van der Waals surface area contributed by atoms with E-state index in [2.05, 4.69) is 31.8 Å². The summed E-state index contributed by atoms with van der Waals surface area (Å²) in [6.45, 7) is 5.25. The molecule has 0 amide bonds. The number of aryl methyl sites for hydroxylation is 1. The third kappa shape index (κ3) is 2.12. The van der Waals surface area contributed by atoms with Crippen LogP contribution < -0.4 is 4.90 Å². The second-order valence-electron chi connectivity index (χ2n) is 5.41. The maximum absolute atomic E-state index is 5.45. The highest BCUT2D eigenvalue weighted by Crippen LogP contribution is 2.34.